The first-order valence-corrected chi connectivity index (χ1v) is 22.6. The van der Waals surface area contributed by atoms with Crippen molar-refractivity contribution in [1.29, 1.82) is 0 Å². The summed E-state index contributed by atoms with van der Waals surface area (Å²) >= 11 is 0. The molecular weight excluding hydrogens is 787 g/mol. The minimum atomic E-state index is -3.98. The number of nitrogens with one attached hydrogen (secondary N) is 3. The van der Waals surface area contributed by atoms with Gasteiger partial charge in [-0.2, -0.15) is 0 Å². The van der Waals surface area contributed by atoms with Crippen molar-refractivity contribution in [3.8, 4) is 17.0 Å². The van der Waals surface area contributed by atoms with Crippen LogP contribution in [0.5, 0.6) is 5.75 Å². The summed E-state index contributed by atoms with van der Waals surface area (Å²) in [5.74, 6) is -1.98. The lowest BCUT2D eigenvalue weighted by Gasteiger charge is -2.30. The van der Waals surface area contributed by atoms with Crippen LogP contribution in [0.3, 0.4) is 0 Å². The zero-order valence-corrected chi connectivity index (χ0v) is 35.1. The van der Waals surface area contributed by atoms with Gasteiger partial charge in [0.25, 0.3) is 5.91 Å². The van der Waals surface area contributed by atoms with Crippen molar-refractivity contribution < 1.29 is 41.5 Å². The molecule has 2 aromatic heterocycles. The van der Waals surface area contributed by atoms with Gasteiger partial charge in [0, 0.05) is 29.4 Å². The van der Waals surface area contributed by atoms with E-state index < -0.39 is 74.3 Å². The van der Waals surface area contributed by atoms with Crippen molar-refractivity contribution in [2.24, 2.45) is 5.92 Å². The number of carbonyl (C=O) groups is 4. The van der Waals surface area contributed by atoms with Gasteiger partial charge < -0.3 is 29.4 Å². The van der Waals surface area contributed by atoms with Gasteiger partial charge in [-0.25, -0.2) is 18.2 Å². The van der Waals surface area contributed by atoms with E-state index in [2.05, 4.69) is 15.4 Å². The van der Waals surface area contributed by atoms with Crippen LogP contribution in [-0.2, 0) is 29.1 Å². The lowest BCUT2D eigenvalue weighted by Crippen LogP contribution is -2.58. The summed E-state index contributed by atoms with van der Waals surface area (Å²) in [5, 5.41) is 5.83. The highest BCUT2D eigenvalue weighted by atomic mass is 32.2. The fourth-order valence-corrected chi connectivity index (χ4v) is 10.4. The molecular formula is C45H53N5O9S. The van der Waals surface area contributed by atoms with Crippen LogP contribution in [-0.4, -0.2) is 83.2 Å². The number of amides is 4. The second-order valence-electron chi connectivity index (χ2n) is 17.5. The van der Waals surface area contributed by atoms with E-state index >= 15 is 0 Å². The van der Waals surface area contributed by atoms with E-state index in [0.29, 0.717) is 60.2 Å². The van der Waals surface area contributed by atoms with E-state index in [1.807, 2.05) is 66.7 Å². The van der Waals surface area contributed by atoms with Crippen LogP contribution in [0.2, 0.25) is 0 Å². The van der Waals surface area contributed by atoms with Crippen LogP contribution in [0.25, 0.3) is 33.3 Å². The van der Waals surface area contributed by atoms with Gasteiger partial charge in [0.05, 0.1) is 17.5 Å². The lowest BCUT2D eigenvalue weighted by atomic mass is 10.0. The number of nitrogens with zero attached hydrogens (tertiary/aromatic N) is 2. The molecule has 2 aromatic carbocycles. The van der Waals surface area contributed by atoms with Gasteiger partial charge in [-0.15, -0.1) is 0 Å². The molecule has 2 aliphatic heterocycles. The maximum Gasteiger partial charge on any atom is 0.408 e. The molecule has 3 N–H and O–H groups in total. The molecule has 318 valence electrons. The number of alkyl carbamates (subject to hydrolysis) is 1. The number of hydrogen-bond donors (Lipinski definition) is 3. The lowest BCUT2D eigenvalue weighted by molar-refractivity contribution is -0.141. The molecule has 4 aromatic rings. The monoisotopic (exact) mass is 839 g/mol. The summed E-state index contributed by atoms with van der Waals surface area (Å²) in [6, 6.07) is 16.8. The maximum atomic E-state index is 14.7. The van der Waals surface area contributed by atoms with Gasteiger partial charge >= 0.3 is 6.09 Å². The number of carbonyl (C=O) groups excluding carboxylic acids is 4. The smallest absolute Gasteiger partial charge is 0.408 e. The number of sulfonamides is 1. The van der Waals surface area contributed by atoms with E-state index in [9.17, 15) is 27.6 Å². The molecule has 2 saturated carbocycles. The summed E-state index contributed by atoms with van der Waals surface area (Å²) in [6.07, 6.45) is 8.18. The zero-order valence-electron chi connectivity index (χ0n) is 34.3. The Morgan fingerprint density at radius 1 is 0.967 bits per heavy atom. The third-order valence-corrected chi connectivity index (χ3v) is 13.8. The molecule has 8 rings (SSSR count). The number of rotatable bonds is 7. The third-order valence-electron chi connectivity index (χ3n) is 12.0. The molecule has 14 nitrogen and oxygen atoms in total. The van der Waals surface area contributed by atoms with Crippen molar-refractivity contribution >= 4 is 55.9 Å². The average Bonchev–Trinajstić information content (AvgIpc) is 3.63. The maximum absolute atomic E-state index is 14.7. The van der Waals surface area contributed by atoms with Crippen LogP contribution in [0.4, 0.5) is 4.79 Å². The summed E-state index contributed by atoms with van der Waals surface area (Å²) in [4.78, 5) is 63.0. The van der Waals surface area contributed by atoms with E-state index in [4.69, 9.17) is 18.9 Å². The van der Waals surface area contributed by atoms with E-state index in [1.54, 1.807) is 26.8 Å². The van der Waals surface area contributed by atoms with Gasteiger partial charge in [0.15, 0.2) is 11.3 Å². The molecule has 4 amide bonds. The van der Waals surface area contributed by atoms with Gasteiger partial charge in [-0.1, -0.05) is 80.3 Å². The van der Waals surface area contributed by atoms with E-state index in [0.717, 1.165) is 36.6 Å². The van der Waals surface area contributed by atoms with Crippen LogP contribution < -0.4 is 20.1 Å². The number of para-hydroxylation sites is 1. The SMILES string of the molecule is CC(C)(C)OC(=O)NC1CCCCC/C=C\C2CC2(C(=O)NS(=O)(=O)C2CCCC2)NC(=O)C2CC(Oc3cc(-c4ccccc4)nc4c3oc3ccccc34)CN2C1=O. The fraction of sp³-hybridized carbons (Fsp3) is 0.489. The third kappa shape index (κ3) is 8.72. The standard InChI is InChI=1S/C45H53N5O9S/c1-44(2,3)59-43(54)47-33-22-11-6-4-5-10-18-29-26-45(29,42(53)49-60(55,56)31-19-12-13-20-31)48-40(51)35-24-30(27-50(35)41(33)52)57-37-25-34(28-16-8-7-9-17-28)46-38-32-21-14-15-23-36(32)58-39(37)38/h7-10,14-18,21,23,25,29-31,33,35H,4-6,11-13,19-20,22,24,26-27H2,1-3H3,(H,47,54)(H,48,51)(H,49,53)/b18-10-. The molecule has 0 spiro atoms. The highest BCUT2D eigenvalue weighted by molar-refractivity contribution is 7.90. The Hall–Kier alpha value is -5.44. The number of ether oxygens (including phenoxy) is 2. The van der Waals surface area contributed by atoms with E-state index in [-0.39, 0.29) is 19.4 Å². The first-order valence-electron chi connectivity index (χ1n) is 21.1. The summed E-state index contributed by atoms with van der Waals surface area (Å²) < 4.78 is 47.6. The van der Waals surface area contributed by atoms with Crippen molar-refractivity contribution in [1.82, 2.24) is 25.2 Å². The quantitative estimate of drug-likeness (QED) is 0.170. The number of furan rings is 1. The number of pyridine rings is 1. The molecule has 1 saturated heterocycles. The Morgan fingerprint density at radius 3 is 2.47 bits per heavy atom. The molecule has 4 heterocycles. The average molecular weight is 840 g/mol. The van der Waals surface area contributed by atoms with Gasteiger partial charge in [-0.05, 0) is 71.4 Å². The second-order valence-corrected chi connectivity index (χ2v) is 19.5. The van der Waals surface area contributed by atoms with Gasteiger partial charge in [0.2, 0.25) is 21.8 Å². The second kappa shape index (κ2) is 16.5. The Morgan fingerprint density at radius 2 is 1.70 bits per heavy atom. The number of benzene rings is 2. The van der Waals surface area contributed by atoms with Crippen molar-refractivity contribution in [3.63, 3.8) is 0 Å². The van der Waals surface area contributed by atoms with Gasteiger partial charge in [0.1, 0.15) is 40.4 Å². The van der Waals surface area contributed by atoms with Gasteiger partial charge in [-0.3, -0.25) is 19.1 Å². The molecule has 0 radical (unpaired) electrons. The Balaban J connectivity index is 1.14. The molecule has 5 atom stereocenters. The highest BCUT2D eigenvalue weighted by Crippen LogP contribution is 2.46. The Kier molecular flexibility index (Phi) is 11.4. The van der Waals surface area contributed by atoms with Crippen LogP contribution in [0.15, 0.2) is 77.2 Å². The molecule has 5 unspecified atom stereocenters. The topological polar surface area (TPSA) is 186 Å². The summed E-state index contributed by atoms with van der Waals surface area (Å²) in [5.41, 5.74) is 0.766. The summed E-state index contributed by atoms with van der Waals surface area (Å²) in [7, 11) is -3.98. The predicted octanol–water partition coefficient (Wildman–Crippen LogP) is 6.67. The first kappa shape index (κ1) is 41.3. The number of allylic oxidation sites excluding steroid dienone is 1. The van der Waals surface area contributed by atoms with Crippen molar-refractivity contribution in [2.75, 3.05) is 6.54 Å². The highest BCUT2D eigenvalue weighted by Gasteiger charge is 2.62. The molecule has 0 bridgehead atoms. The van der Waals surface area contributed by atoms with Crippen molar-refractivity contribution in [3.05, 3.63) is 72.8 Å². The molecule has 3 fully saturated rings. The van der Waals surface area contributed by atoms with Crippen molar-refractivity contribution in [2.45, 2.75) is 126 Å². The Labute approximate surface area is 349 Å². The fourth-order valence-electron chi connectivity index (χ4n) is 8.79. The number of hydrogen-bond acceptors (Lipinski definition) is 10. The minimum Gasteiger partial charge on any atom is -0.484 e. The van der Waals surface area contributed by atoms with E-state index in [1.165, 1.54) is 4.90 Å². The largest absolute Gasteiger partial charge is 0.484 e. The van der Waals surface area contributed by atoms with Crippen LogP contribution in [0, 0.1) is 5.92 Å². The zero-order chi connectivity index (χ0) is 42.2. The van der Waals surface area contributed by atoms with Crippen LogP contribution >= 0.6 is 0 Å². The number of aromatic nitrogens is 1. The minimum absolute atomic E-state index is 0.0278. The molecule has 15 heteroatoms. The predicted molar refractivity (Wildman–Crippen MR) is 225 cm³/mol. The molecule has 2 aliphatic carbocycles. The number of fused-ring (bicyclic) bond motifs is 5. The Bertz CT molecular complexity index is 2420. The van der Waals surface area contributed by atoms with Crippen LogP contribution in [0.1, 0.15) is 91.4 Å². The molecule has 4 aliphatic rings. The first-order chi connectivity index (χ1) is 28.7. The normalized spacial score (nSPS) is 26.0. The summed E-state index contributed by atoms with van der Waals surface area (Å²) in [6.45, 7) is 5.17. The molecule has 60 heavy (non-hydrogen) atoms.